The molecule has 53 heavy (non-hydrogen) atoms. The summed E-state index contributed by atoms with van der Waals surface area (Å²) in [6.45, 7) is 4.77. The van der Waals surface area contributed by atoms with Gasteiger partial charge in [-0.2, -0.15) is 0 Å². The van der Waals surface area contributed by atoms with E-state index in [1.54, 1.807) is 0 Å². The van der Waals surface area contributed by atoms with Gasteiger partial charge in [0.25, 0.3) is 0 Å². The van der Waals surface area contributed by atoms with Gasteiger partial charge in [0.1, 0.15) is 11.5 Å². The molecular weight excluding hydrogens is 651 g/mol. The van der Waals surface area contributed by atoms with E-state index in [-0.39, 0.29) is 12.1 Å². The van der Waals surface area contributed by atoms with Crippen LogP contribution in [0.2, 0.25) is 0 Å². The average molecular weight is 691 g/mol. The maximum absolute atomic E-state index is 8.16. The third-order valence-corrected chi connectivity index (χ3v) is 11.0. The minimum atomic E-state index is -2.27. The normalized spacial score (nSPS) is 14.6. The molecule has 0 atom stereocenters. The Balaban J connectivity index is 1.17. The minimum absolute atomic E-state index is 0.0946. The number of aromatic nitrogens is 3. The van der Waals surface area contributed by atoms with Crippen molar-refractivity contribution < 1.29 is 8.85 Å². The van der Waals surface area contributed by atoms with Crippen molar-refractivity contribution in [3.8, 4) is 11.5 Å². The Morgan fingerprint density at radius 2 is 1.26 bits per heavy atom. The summed E-state index contributed by atoms with van der Waals surface area (Å²) >= 11 is 0. The molecule has 0 fully saturated rings. The lowest BCUT2D eigenvalue weighted by Gasteiger charge is -2.20. The third kappa shape index (κ3) is 4.29. The van der Waals surface area contributed by atoms with Crippen LogP contribution in [0.15, 0.2) is 140 Å². The van der Waals surface area contributed by atoms with E-state index in [0.29, 0.717) is 17.2 Å². The molecule has 0 aliphatic carbocycles. The second-order valence-corrected chi connectivity index (χ2v) is 15.2. The third-order valence-electron chi connectivity index (χ3n) is 11.0. The second kappa shape index (κ2) is 10.7. The van der Waals surface area contributed by atoms with Crippen LogP contribution in [0.1, 0.15) is 30.4 Å². The molecule has 0 N–H and O–H groups in total. The van der Waals surface area contributed by atoms with Crippen LogP contribution >= 0.6 is 0 Å². The first-order chi connectivity index (χ1) is 27.0. The van der Waals surface area contributed by atoms with Crippen molar-refractivity contribution in [2.45, 2.75) is 26.2 Å². The number of ether oxygens (including phenoxy) is 1. The van der Waals surface area contributed by atoms with Gasteiger partial charge in [0.05, 0.1) is 45.6 Å². The van der Waals surface area contributed by atoms with Crippen LogP contribution in [0.4, 0.5) is 17.1 Å². The number of hydrogen-bond donors (Lipinski definition) is 0. The molecule has 10 aromatic rings. The number of pyridine rings is 1. The molecule has 5 heterocycles. The monoisotopic (exact) mass is 690 g/mol. The fraction of sp³-hybridized carbons (Fsp3) is 0.128. The van der Waals surface area contributed by atoms with Gasteiger partial charge < -0.3 is 18.9 Å². The molecule has 0 bridgehead atoms. The Morgan fingerprint density at radius 3 is 2.11 bits per heavy atom. The highest BCUT2D eigenvalue weighted by Gasteiger charge is 2.25. The molecule has 11 rings (SSSR count). The maximum atomic E-state index is 8.16. The topological polar surface area (TPSA) is 37.4 Å². The van der Waals surface area contributed by atoms with Crippen molar-refractivity contribution >= 4 is 82.6 Å². The molecule has 1 aliphatic heterocycles. The summed E-state index contributed by atoms with van der Waals surface area (Å²) in [5, 5.41) is 7.06. The molecule has 0 amide bonds. The van der Waals surface area contributed by atoms with Crippen molar-refractivity contribution in [1.82, 2.24) is 13.8 Å². The lowest BCUT2D eigenvalue weighted by atomic mass is 9.85. The summed E-state index contributed by atoms with van der Waals surface area (Å²) in [6, 6.07) is 46.1. The lowest BCUT2D eigenvalue weighted by Crippen LogP contribution is -2.23. The first kappa shape index (κ1) is 27.2. The number of para-hydroxylation sites is 4. The Kier molecular flexibility index (Phi) is 5.51. The smallest absolute Gasteiger partial charge is 0.162 e. The van der Waals surface area contributed by atoms with Gasteiger partial charge in [-0.1, -0.05) is 75.4 Å². The van der Waals surface area contributed by atoms with Crippen LogP contribution in [-0.2, 0) is 5.41 Å². The van der Waals surface area contributed by atoms with Crippen LogP contribution in [0.3, 0.4) is 0 Å². The first-order valence-corrected chi connectivity index (χ1v) is 18.1. The van der Waals surface area contributed by atoms with Crippen molar-refractivity contribution in [2.75, 3.05) is 23.4 Å². The van der Waals surface area contributed by atoms with Crippen LogP contribution < -0.4 is 14.5 Å². The van der Waals surface area contributed by atoms with Gasteiger partial charge in [-0.05, 0) is 77.7 Å². The lowest BCUT2D eigenvalue weighted by molar-refractivity contribution is 0.483. The van der Waals surface area contributed by atoms with E-state index in [9.17, 15) is 0 Å². The summed E-state index contributed by atoms with van der Waals surface area (Å²) in [4.78, 5) is 8.63. The highest BCUT2D eigenvalue weighted by molar-refractivity contribution is 6.25. The SMILES string of the molecule is [2H]C([2H])([2H])N1CN(c2cccc(Oc3ccc4c5cc(C(C)(C)C)cc6c7cccc8c9ccccc9n(c9cccnc9n(c4c3)c56)c87)c2)c2ccccc21. The molecule has 0 radical (unpaired) electrons. The van der Waals surface area contributed by atoms with E-state index in [1.807, 2.05) is 71.8 Å². The molecule has 0 saturated carbocycles. The highest BCUT2D eigenvalue weighted by Crippen LogP contribution is 2.44. The standard InChI is InChI=1S/C47H37N5O/c1-47(2,3)29-24-37-34-22-21-32(53-31-13-9-12-30(26-31)50-28-49(4)40-18-7-8-19-41(40)50)27-43(34)52-45(37)38(25-29)36-16-10-15-35-33-14-5-6-17-39(33)51(44(35)36)42-20-11-23-48-46(42)52/h5-27H,28H2,1-4H3/i4D3. The Hall–Kier alpha value is -6.53. The van der Waals surface area contributed by atoms with Gasteiger partial charge in [0.15, 0.2) is 5.65 Å². The summed E-state index contributed by atoms with van der Waals surface area (Å²) < 4.78 is 35.9. The number of fused-ring (bicyclic) bond motifs is 11. The van der Waals surface area contributed by atoms with Crippen molar-refractivity contribution in [3.63, 3.8) is 0 Å². The highest BCUT2D eigenvalue weighted by atomic mass is 16.5. The minimum Gasteiger partial charge on any atom is -0.457 e. The van der Waals surface area contributed by atoms with Gasteiger partial charge in [0.2, 0.25) is 0 Å². The molecule has 6 heteroatoms. The van der Waals surface area contributed by atoms with Gasteiger partial charge in [-0.3, -0.25) is 4.40 Å². The Labute approximate surface area is 310 Å². The number of rotatable bonds is 3. The zero-order chi connectivity index (χ0) is 38.1. The largest absolute Gasteiger partial charge is 0.457 e. The molecule has 6 aromatic carbocycles. The van der Waals surface area contributed by atoms with Gasteiger partial charge in [-0.15, -0.1) is 0 Å². The predicted molar refractivity (Wildman–Crippen MR) is 221 cm³/mol. The molecule has 256 valence electrons. The zero-order valence-corrected chi connectivity index (χ0v) is 29.6. The van der Waals surface area contributed by atoms with E-state index < -0.39 is 6.98 Å². The summed E-state index contributed by atoms with van der Waals surface area (Å²) in [6.07, 6.45) is 1.88. The van der Waals surface area contributed by atoms with E-state index in [0.717, 1.165) is 44.5 Å². The summed E-state index contributed by atoms with van der Waals surface area (Å²) in [7, 11) is 0. The quantitative estimate of drug-likeness (QED) is 0.185. The molecule has 6 nitrogen and oxygen atoms in total. The van der Waals surface area contributed by atoms with Gasteiger partial charge >= 0.3 is 0 Å². The van der Waals surface area contributed by atoms with Crippen LogP contribution in [-0.4, -0.2) is 27.4 Å². The van der Waals surface area contributed by atoms with E-state index in [1.165, 1.54) is 42.9 Å². The summed E-state index contributed by atoms with van der Waals surface area (Å²) in [5.74, 6) is 1.34. The van der Waals surface area contributed by atoms with E-state index in [4.69, 9.17) is 13.8 Å². The predicted octanol–water partition coefficient (Wildman–Crippen LogP) is 12.0. The van der Waals surface area contributed by atoms with Gasteiger partial charge in [0, 0.05) is 67.4 Å². The molecule has 4 aromatic heterocycles. The molecule has 0 saturated heterocycles. The van der Waals surface area contributed by atoms with Crippen LogP contribution in [0.25, 0.3) is 65.5 Å². The fourth-order valence-electron chi connectivity index (χ4n) is 8.55. The second-order valence-electron chi connectivity index (χ2n) is 15.2. The summed E-state index contributed by atoms with van der Waals surface area (Å²) in [5.41, 5.74) is 9.83. The Bertz CT molecular complexity index is 3260. The van der Waals surface area contributed by atoms with Crippen LogP contribution in [0, 0.1) is 0 Å². The number of hydrogen-bond acceptors (Lipinski definition) is 4. The number of anilines is 3. The molecule has 1 aliphatic rings. The van der Waals surface area contributed by atoms with Crippen molar-refractivity contribution in [3.05, 3.63) is 145 Å². The van der Waals surface area contributed by atoms with E-state index >= 15 is 0 Å². The van der Waals surface area contributed by atoms with Crippen LogP contribution in [0.5, 0.6) is 11.5 Å². The van der Waals surface area contributed by atoms with E-state index in [2.05, 4.69) is 102 Å². The Morgan fingerprint density at radius 1 is 0.585 bits per heavy atom. The first-order valence-electron chi connectivity index (χ1n) is 19.6. The number of nitrogens with zero attached hydrogens (tertiary/aromatic N) is 5. The average Bonchev–Trinajstić information content (AvgIpc) is 3.85. The zero-order valence-electron chi connectivity index (χ0n) is 32.6. The fourth-order valence-corrected chi connectivity index (χ4v) is 8.55. The number of benzene rings is 6. The van der Waals surface area contributed by atoms with Crippen molar-refractivity contribution in [2.24, 2.45) is 0 Å². The maximum Gasteiger partial charge on any atom is 0.162 e. The van der Waals surface area contributed by atoms with Crippen molar-refractivity contribution in [1.29, 1.82) is 0 Å². The molecule has 0 unspecified atom stereocenters. The molecular formula is C47H37N5O. The molecule has 0 spiro atoms. The van der Waals surface area contributed by atoms with Gasteiger partial charge in [-0.25, -0.2) is 4.98 Å².